The molecular formula is C16H15N5O2. The molecule has 0 aliphatic carbocycles. The molecule has 7 heteroatoms. The molecular weight excluding hydrogens is 294 g/mol. The lowest BCUT2D eigenvalue weighted by molar-refractivity contribution is 0.174. The predicted molar refractivity (Wildman–Crippen MR) is 83.8 cm³/mol. The van der Waals surface area contributed by atoms with Crippen LogP contribution in [0.5, 0.6) is 11.5 Å². The first kappa shape index (κ1) is 13.6. The Kier molecular flexibility index (Phi) is 3.30. The third-order valence-corrected chi connectivity index (χ3v) is 3.71. The van der Waals surface area contributed by atoms with Crippen molar-refractivity contribution in [2.75, 3.05) is 12.1 Å². The van der Waals surface area contributed by atoms with Crippen LogP contribution in [-0.4, -0.2) is 27.0 Å². The number of rotatable bonds is 4. The molecule has 1 atom stereocenters. The average molecular weight is 309 g/mol. The van der Waals surface area contributed by atoms with Crippen molar-refractivity contribution in [3.63, 3.8) is 0 Å². The lowest BCUT2D eigenvalue weighted by Gasteiger charge is -2.15. The summed E-state index contributed by atoms with van der Waals surface area (Å²) < 4.78 is 12.4. The number of para-hydroxylation sites is 1. The Hall–Kier alpha value is -3.09. The minimum Gasteiger partial charge on any atom is -0.454 e. The molecule has 0 amide bonds. The SMILES string of the molecule is C[C@H](Nc1nnnn1-c1ccccc1)c1ccc2c(c1)OCO2. The van der Waals surface area contributed by atoms with Crippen molar-refractivity contribution in [3.8, 4) is 17.2 Å². The van der Waals surface area contributed by atoms with E-state index in [2.05, 4.69) is 20.8 Å². The molecule has 1 aromatic heterocycles. The van der Waals surface area contributed by atoms with Crippen LogP contribution in [0.4, 0.5) is 5.95 Å². The predicted octanol–water partition coefficient (Wildman–Crippen LogP) is 2.56. The van der Waals surface area contributed by atoms with Crippen LogP contribution in [0.1, 0.15) is 18.5 Å². The molecule has 0 saturated heterocycles. The standard InChI is InChI=1S/C16H15N5O2/c1-11(12-7-8-14-15(9-12)23-10-22-14)17-16-18-19-20-21(16)13-5-3-2-4-6-13/h2-9,11H,10H2,1H3,(H,17,18,20)/t11-/m0/s1. The quantitative estimate of drug-likeness (QED) is 0.798. The van der Waals surface area contributed by atoms with Crippen molar-refractivity contribution >= 4 is 5.95 Å². The third kappa shape index (κ3) is 2.57. The summed E-state index contributed by atoms with van der Waals surface area (Å²) in [5, 5.41) is 15.2. The highest BCUT2D eigenvalue weighted by Gasteiger charge is 2.17. The molecule has 1 aliphatic heterocycles. The topological polar surface area (TPSA) is 74.1 Å². The van der Waals surface area contributed by atoms with E-state index in [-0.39, 0.29) is 12.8 Å². The van der Waals surface area contributed by atoms with Gasteiger partial charge < -0.3 is 14.8 Å². The smallest absolute Gasteiger partial charge is 0.248 e. The van der Waals surface area contributed by atoms with Crippen molar-refractivity contribution in [2.24, 2.45) is 0 Å². The van der Waals surface area contributed by atoms with Crippen LogP contribution in [0.15, 0.2) is 48.5 Å². The molecule has 4 rings (SSSR count). The number of aromatic nitrogens is 4. The van der Waals surface area contributed by atoms with Gasteiger partial charge in [-0.05, 0) is 47.2 Å². The summed E-state index contributed by atoms with van der Waals surface area (Å²) in [5.41, 5.74) is 1.97. The molecule has 0 unspecified atom stereocenters. The second-order valence-corrected chi connectivity index (χ2v) is 5.23. The van der Waals surface area contributed by atoms with Crippen molar-refractivity contribution in [3.05, 3.63) is 54.1 Å². The Bertz CT molecular complexity index is 818. The van der Waals surface area contributed by atoms with E-state index in [0.717, 1.165) is 22.7 Å². The summed E-state index contributed by atoms with van der Waals surface area (Å²) in [4.78, 5) is 0. The molecule has 0 radical (unpaired) electrons. The molecule has 0 fully saturated rings. The number of nitrogens with one attached hydrogen (secondary N) is 1. The van der Waals surface area contributed by atoms with Gasteiger partial charge in [0.1, 0.15) is 0 Å². The lowest BCUT2D eigenvalue weighted by Crippen LogP contribution is -2.11. The number of nitrogens with zero attached hydrogens (tertiary/aromatic N) is 4. The minimum absolute atomic E-state index is 0.0120. The maximum Gasteiger partial charge on any atom is 0.248 e. The molecule has 23 heavy (non-hydrogen) atoms. The van der Waals surface area contributed by atoms with Crippen LogP contribution in [0.3, 0.4) is 0 Å². The zero-order valence-electron chi connectivity index (χ0n) is 12.5. The van der Waals surface area contributed by atoms with Gasteiger partial charge in [-0.1, -0.05) is 29.4 Å². The maximum absolute atomic E-state index is 5.42. The second kappa shape index (κ2) is 5.60. The summed E-state index contributed by atoms with van der Waals surface area (Å²) >= 11 is 0. The number of ether oxygens (including phenoxy) is 2. The fraction of sp³-hybridized carbons (Fsp3) is 0.188. The lowest BCUT2D eigenvalue weighted by atomic mass is 10.1. The zero-order valence-corrected chi connectivity index (χ0v) is 12.5. The maximum atomic E-state index is 5.42. The molecule has 2 heterocycles. The minimum atomic E-state index is 0.0120. The molecule has 7 nitrogen and oxygen atoms in total. The highest BCUT2D eigenvalue weighted by atomic mass is 16.7. The fourth-order valence-electron chi connectivity index (χ4n) is 2.48. The zero-order chi connectivity index (χ0) is 15.6. The first-order valence-corrected chi connectivity index (χ1v) is 7.31. The Labute approximate surface area is 132 Å². The summed E-state index contributed by atoms with van der Waals surface area (Å²) in [6.07, 6.45) is 0. The Morgan fingerprint density at radius 3 is 2.78 bits per heavy atom. The van der Waals surface area contributed by atoms with Crippen LogP contribution in [0.25, 0.3) is 5.69 Å². The van der Waals surface area contributed by atoms with E-state index in [9.17, 15) is 0 Å². The van der Waals surface area contributed by atoms with Gasteiger partial charge in [-0.25, -0.2) is 0 Å². The number of tetrazole rings is 1. The van der Waals surface area contributed by atoms with Gasteiger partial charge in [0.2, 0.25) is 12.7 Å². The molecule has 0 spiro atoms. The molecule has 3 aromatic rings. The van der Waals surface area contributed by atoms with E-state index in [1.54, 1.807) is 4.68 Å². The van der Waals surface area contributed by atoms with E-state index in [4.69, 9.17) is 9.47 Å². The summed E-state index contributed by atoms with van der Waals surface area (Å²) in [5.74, 6) is 2.12. The molecule has 2 aromatic carbocycles. The van der Waals surface area contributed by atoms with Crippen LogP contribution in [-0.2, 0) is 0 Å². The summed E-state index contributed by atoms with van der Waals surface area (Å²) in [6, 6.07) is 15.6. The average Bonchev–Trinajstić information content (AvgIpc) is 3.23. The van der Waals surface area contributed by atoms with E-state index >= 15 is 0 Å². The number of benzene rings is 2. The first-order chi connectivity index (χ1) is 11.3. The van der Waals surface area contributed by atoms with Gasteiger partial charge in [0, 0.05) is 0 Å². The fourth-order valence-corrected chi connectivity index (χ4v) is 2.48. The van der Waals surface area contributed by atoms with Crippen LogP contribution >= 0.6 is 0 Å². The van der Waals surface area contributed by atoms with E-state index in [1.807, 2.05) is 55.5 Å². The number of fused-ring (bicyclic) bond motifs is 1. The highest BCUT2D eigenvalue weighted by Crippen LogP contribution is 2.34. The molecule has 116 valence electrons. The summed E-state index contributed by atoms with van der Waals surface area (Å²) in [7, 11) is 0. The molecule has 0 bridgehead atoms. The molecule has 0 saturated carbocycles. The van der Waals surface area contributed by atoms with E-state index < -0.39 is 0 Å². The molecule has 1 aliphatic rings. The third-order valence-electron chi connectivity index (χ3n) is 3.71. The Morgan fingerprint density at radius 1 is 1.09 bits per heavy atom. The van der Waals surface area contributed by atoms with Gasteiger partial charge >= 0.3 is 0 Å². The van der Waals surface area contributed by atoms with E-state index in [1.165, 1.54) is 0 Å². The van der Waals surface area contributed by atoms with Crippen molar-refractivity contribution in [1.82, 2.24) is 20.2 Å². The summed E-state index contributed by atoms with van der Waals surface area (Å²) in [6.45, 7) is 2.31. The van der Waals surface area contributed by atoms with Gasteiger partial charge in [0.25, 0.3) is 0 Å². The van der Waals surface area contributed by atoms with Crippen molar-refractivity contribution < 1.29 is 9.47 Å². The van der Waals surface area contributed by atoms with Crippen LogP contribution < -0.4 is 14.8 Å². The normalized spacial score (nSPS) is 13.8. The molecule has 1 N–H and O–H groups in total. The van der Waals surface area contributed by atoms with Gasteiger partial charge in [-0.15, -0.1) is 0 Å². The monoisotopic (exact) mass is 309 g/mol. The first-order valence-electron chi connectivity index (χ1n) is 7.31. The van der Waals surface area contributed by atoms with Crippen LogP contribution in [0.2, 0.25) is 0 Å². The largest absolute Gasteiger partial charge is 0.454 e. The Morgan fingerprint density at radius 2 is 1.91 bits per heavy atom. The van der Waals surface area contributed by atoms with Gasteiger partial charge in [0.05, 0.1) is 11.7 Å². The number of hydrogen-bond donors (Lipinski definition) is 1. The van der Waals surface area contributed by atoms with Crippen LogP contribution in [0, 0.1) is 0 Å². The van der Waals surface area contributed by atoms with Gasteiger partial charge in [-0.2, -0.15) is 4.68 Å². The second-order valence-electron chi connectivity index (χ2n) is 5.23. The van der Waals surface area contributed by atoms with E-state index in [0.29, 0.717) is 5.95 Å². The van der Waals surface area contributed by atoms with Gasteiger partial charge in [-0.3, -0.25) is 0 Å². The van der Waals surface area contributed by atoms with Crippen molar-refractivity contribution in [1.29, 1.82) is 0 Å². The highest BCUT2D eigenvalue weighted by molar-refractivity contribution is 5.47. The number of hydrogen-bond acceptors (Lipinski definition) is 6. The van der Waals surface area contributed by atoms with Gasteiger partial charge in [0.15, 0.2) is 11.5 Å². The number of anilines is 1. The van der Waals surface area contributed by atoms with Crippen molar-refractivity contribution in [2.45, 2.75) is 13.0 Å². The Balaban J connectivity index is 1.58.